The van der Waals surface area contributed by atoms with E-state index in [1.807, 2.05) is 27.5 Å². The number of carbonyl (C=O) groups is 2. The SMILES string of the molecule is CCCC(=O)N1Cc2ccnn2[C@@H](CN2CCCC2=O)C1. The van der Waals surface area contributed by atoms with Gasteiger partial charge in [-0.25, -0.2) is 0 Å². The zero-order valence-electron chi connectivity index (χ0n) is 12.5. The molecule has 21 heavy (non-hydrogen) atoms. The Bertz CT molecular complexity index is 540. The van der Waals surface area contributed by atoms with Crippen LogP contribution < -0.4 is 0 Å². The highest BCUT2D eigenvalue weighted by Crippen LogP contribution is 2.23. The highest BCUT2D eigenvalue weighted by Gasteiger charge is 2.31. The van der Waals surface area contributed by atoms with Crippen LogP contribution in [-0.4, -0.2) is 51.0 Å². The second-order valence-corrected chi connectivity index (χ2v) is 5.89. The van der Waals surface area contributed by atoms with E-state index in [1.54, 1.807) is 6.20 Å². The molecule has 0 N–H and O–H groups in total. The van der Waals surface area contributed by atoms with E-state index in [9.17, 15) is 9.59 Å². The Morgan fingerprint density at radius 1 is 1.48 bits per heavy atom. The van der Waals surface area contributed by atoms with Gasteiger partial charge in [0.05, 0.1) is 18.3 Å². The van der Waals surface area contributed by atoms with Crippen molar-refractivity contribution in [3.63, 3.8) is 0 Å². The lowest BCUT2D eigenvalue weighted by Crippen LogP contribution is -2.45. The largest absolute Gasteiger partial charge is 0.340 e. The fourth-order valence-corrected chi connectivity index (χ4v) is 3.24. The first-order chi connectivity index (χ1) is 10.2. The summed E-state index contributed by atoms with van der Waals surface area (Å²) in [6.45, 7) is 4.78. The van der Waals surface area contributed by atoms with Gasteiger partial charge >= 0.3 is 0 Å². The van der Waals surface area contributed by atoms with Gasteiger partial charge in [0.25, 0.3) is 0 Å². The van der Waals surface area contributed by atoms with Crippen molar-refractivity contribution in [2.24, 2.45) is 0 Å². The third kappa shape index (κ3) is 2.80. The summed E-state index contributed by atoms with van der Waals surface area (Å²) in [5.74, 6) is 0.420. The predicted molar refractivity (Wildman–Crippen MR) is 77.4 cm³/mol. The lowest BCUT2D eigenvalue weighted by molar-refractivity contribution is -0.133. The molecule has 6 nitrogen and oxygen atoms in total. The molecule has 2 amide bonds. The van der Waals surface area contributed by atoms with E-state index < -0.39 is 0 Å². The van der Waals surface area contributed by atoms with Crippen molar-refractivity contribution < 1.29 is 9.59 Å². The van der Waals surface area contributed by atoms with Gasteiger partial charge in [-0.3, -0.25) is 14.3 Å². The molecule has 3 rings (SSSR count). The van der Waals surface area contributed by atoms with Gasteiger partial charge in [0, 0.05) is 38.7 Å². The fraction of sp³-hybridized carbons (Fsp3) is 0.667. The van der Waals surface area contributed by atoms with Crippen molar-refractivity contribution in [3.05, 3.63) is 18.0 Å². The van der Waals surface area contributed by atoms with Gasteiger partial charge in [-0.05, 0) is 18.9 Å². The molecule has 1 fully saturated rings. The Balaban J connectivity index is 1.76. The van der Waals surface area contributed by atoms with Gasteiger partial charge in [0.15, 0.2) is 0 Å². The molecule has 2 aliphatic rings. The summed E-state index contributed by atoms with van der Waals surface area (Å²) >= 11 is 0. The van der Waals surface area contributed by atoms with E-state index in [0.29, 0.717) is 32.5 Å². The van der Waals surface area contributed by atoms with Crippen LogP contribution in [0.3, 0.4) is 0 Å². The van der Waals surface area contributed by atoms with Crippen LogP contribution in [0.25, 0.3) is 0 Å². The van der Waals surface area contributed by atoms with Gasteiger partial charge in [0.2, 0.25) is 11.8 Å². The minimum absolute atomic E-state index is 0.0756. The number of fused-ring (bicyclic) bond motifs is 1. The molecular weight excluding hydrogens is 268 g/mol. The van der Waals surface area contributed by atoms with Crippen molar-refractivity contribution in [2.75, 3.05) is 19.6 Å². The molecule has 3 heterocycles. The third-order valence-electron chi connectivity index (χ3n) is 4.30. The first-order valence-corrected chi connectivity index (χ1v) is 7.77. The van der Waals surface area contributed by atoms with E-state index >= 15 is 0 Å². The molecule has 1 atom stereocenters. The maximum absolute atomic E-state index is 12.2. The van der Waals surface area contributed by atoms with Crippen LogP contribution in [0.4, 0.5) is 0 Å². The lowest BCUT2D eigenvalue weighted by atomic mass is 10.1. The van der Waals surface area contributed by atoms with E-state index in [1.165, 1.54) is 0 Å². The van der Waals surface area contributed by atoms with Crippen molar-refractivity contribution in [1.29, 1.82) is 0 Å². The molecule has 1 saturated heterocycles. The number of nitrogens with zero attached hydrogens (tertiary/aromatic N) is 4. The Kier molecular flexibility index (Phi) is 3.94. The second-order valence-electron chi connectivity index (χ2n) is 5.89. The van der Waals surface area contributed by atoms with Crippen molar-refractivity contribution in [3.8, 4) is 0 Å². The summed E-state index contributed by atoms with van der Waals surface area (Å²) in [5, 5.41) is 4.39. The Morgan fingerprint density at radius 3 is 3.05 bits per heavy atom. The summed E-state index contributed by atoms with van der Waals surface area (Å²) in [7, 11) is 0. The number of rotatable bonds is 4. The van der Waals surface area contributed by atoms with Gasteiger partial charge in [-0.15, -0.1) is 0 Å². The molecule has 1 aromatic rings. The standard InChI is InChI=1S/C15H22N4O2/c1-2-4-14(20)18-9-12-6-7-16-19(12)13(11-18)10-17-8-3-5-15(17)21/h6-7,13H,2-5,8-11H2,1H3/t13-/m0/s1. The fourth-order valence-electron chi connectivity index (χ4n) is 3.24. The molecular formula is C15H22N4O2. The van der Waals surface area contributed by atoms with Crippen molar-refractivity contribution in [2.45, 2.75) is 45.2 Å². The minimum atomic E-state index is 0.0756. The van der Waals surface area contributed by atoms with Crippen LogP contribution in [0.15, 0.2) is 12.3 Å². The van der Waals surface area contributed by atoms with Crippen molar-refractivity contribution >= 4 is 11.8 Å². The van der Waals surface area contributed by atoms with Crippen LogP contribution in [0.5, 0.6) is 0 Å². The zero-order valence-corrected chi connectivity index (χ0v) is 12.5. The average Bonchev–Trinajstić information content (AvgIpc) is 3.08. The van der Waals surface area contributed by atoms with Crippen LogP contribution in [0.2, 0.25) is 0 Å². The number of carbonyl (C=O) groups excluding carboxylic acids is 2. The Morgan fingerprint density at radius 2 is 2.33 bits per heavy atom. The van der Waals surface area contributed by atoms with Crippen LogP contribution in [-0.2, 0) is 16.1 Å². The topological polar surface area (TPSA) is 58.4 Å². The second kappa shape index (κ2) is 5.87. The van der Waals surface area contributed by atoms with Gasteiger partial charge in [-0.2, -0.15) is 5.10 Å². The van der Waals surface area contributed by atoms with Crippen molar-refractivity contribution in [1.82, 2.24) is 19.6 Å². The molecule has 0 unspecified atom stereocenters. The highest BCUT2D eigenvalue weighted by molar-refractivity contribution is 5.78. The van der Waals surface area contributed by atoms with E-state index in [0.717, 1.165) is 25.1 Å². The van der Waals surface area contributed by atoms with Crippen LogP contribution in [0.1, 0.15) is 44.3 Å². The number of likely N-dealkylation sites (tertiary alicyclic amines) is 1. The number of amides is 2. The Hall–Kier alpha value is -1.85. The number of hydrogen-bond acceptors (Lipinski definition) is 3. The Labute approximate surface area is 124 Å². The molecule has 1 aromatic heterocycles. The molecule has 6 heteroatoms. The van der Waals surface area contributed by atoms with Crippen LogP contribution >= 0.6 is 0 Å². The highest BCUT2D eigenvalue weighted by atomic mass is 16.2. The molecule has 114 valence electrons. The molecule has 0 spiro atoms. The normalized spacial score (nSPS) is 21.8. The molecule has 0 aromatic carbocycles. The smallest absolute Gasteiger partial charge is 0.222 e. The van der Waals surface area contributed by atoms with Gasteiger partial charge in [0.1, 0.15) is 0 Å². The van der Waals surface area contributed by atoms with E-state index in [-0.39, 0.29) is 17.9 Å². The number of aromatic nitrogens is 2. The molecule has 0 bridgehead atoms. The molecule has 0 radical (unpaired) electrons. The first kappa shape index (κ1) is 14.1. The summed E-state index contributed by atoms with van der Waals surface area (Å²) in [6.07, 6.45) is 4.82. The van der Waals surface area contributed by atoms with Crippen LogP contribution in [0, 0.1) is 0 Å². The van der Waals surface area contributed by atoms with Gasteiger partial charge in [-0.1, -0.05) is 6.92 Å². The lowest BCUT2D eigenvalue weighted by Gasteiger charge is -2.35. The van der Waals surface area contributed by atoms with E-state index in [4.69, 9.17) is 0 Å². The van der Waals surface area contributed by atoms with E-state index in [2.05, 4.69) is 5.10 Å². The maximum atomic E-state index is 12.2. The molecule has 0 aliphatic carbocycles. The quantitative estimate of drug-likeness (QED) is 0.837. The summed E-state index contributed by atoms with van der Waals surface area (Å²) < 4.78 is 1.99. The summed E-state index contributed by atoms with van der Waals surface area (Å²) in [4.78, 5) is 27.8. The minimum Gasteiger partial charge on any atom is -0.340 e. The number of hydrogen-bond donors (Lipinski definition) is 0. The average molecular weight is 290 g/mol. The molecule has 0 saturated carbocycles. The first-order valence-electron chi connectivity index (χ1n) is 7.77. The van der Waals surface area contributed by atoms with Gasteiger partial charge < -0.3 is 9.80 Å². The summed E-state index contributed by atoms with van der Waals surface area (Å²) in [6, 6.07) is 2.04. The monoisotopic (exact) mass is 290 g/mol. The molecule has 2 aliphatic heterocycles. The maximum Gasteiger partial charge on any atom is 0.222 e. The predicted octanol–water partition coefficient (Wildman–Crippen LogP) is 1.19. The third-order valence-corrected chi connectivity index (χ3v) is 4.30. The summed E-state index contributed by atoms with van der Waals surface area (Å²) in [5.41, 5.74) is 1.06. The zero-order chi connectivity index (χ0) is 14.8.